The average Bonchev–Trinajstić information content (AvgIpc) is 3.34. The largest absolute Gasteiger partial charge is 0.380 e. The number of benzene rings is 2. The highest BCUT2D eigenvalue weighted by Gasteiger charge is 2.83. The maximum Gasteiger partial charge on any atom is 0.380 e. The lowest BCUT2D eigenvalue weighted by atomic mass is 9.82. The van der Waals surface area contributed by atoms with Crippen LogP contribution in [-0.4, -0.2) is 37.1 Å². The molecule has 1 aliphatic carbocycles. The molecule has 0 amide bonds. The van der Waals surface area contributed by atoms with Crippen LogP contribution in [0.1, 0.15) is 25.0 Å². The van der Waals surface area contributed by atoms with Gasteiger partial charge >= 0.3 is 17.8 Å². The van der Waals surface area contributed by atoms with Crippen LogP contribution in [0.4, 0.5) is 37.7 Å². The SMILES string of the molecule is CC1(C2=C(C3(C)Cc4ccc([N+](=O)[O-])cc4S3)C(F)(F)C(F)(F)C2(F)F)Cc2ccc([N+](=O)[O-])cc2S1. The predicted octanol–water partition coefficient (Wildman–Crippen LogP) is 7.23. The molecule has 0 spiro atoms. The Hall–Kier alpha value is -2.74. The first-order valence-electron chi connectivity index (χ1n) is 10.8. The number of halogens is 6. The zero-order chi connectivity index (χ0) is 27.3. The topological polar surface area (TPSA) is 86.3 Å². The fourth-order valence-corrected chi connectivity index (χ4v) is 8.37. The Bertz CT molecular complexity index is 1330. The summed E-state index contributed by atoms with van der Waals surface area (Å²) < 4.78 is 87.8. The van der Waals surface area contributed by atoms with Gasteiger partial charge in [-0.2, -0.15) is 26.3 Å². The molecule has 0 saturated heterocycles. The van der Waals surface area contributed by atoms with Crippen LogP contribution >= 0.6 is 23.5 Å². The van der Waals surface area contributed by atoms with Crippen LogP contribution in [0.2, 0.25) is 0 Å². The van der Waals surface area contributed by atoms with Crippen molar-refractivity contribution in [3.05, 3.63) is 78.9 Å². The Labute approximate surface area is 213 Å². The second-order valence-electron chi connectivity index (χ2n) is 9.59. The standard InChI is InChI=1S/C23H16F6N2O4S2/c1-19(9-11-3-5-13(30(32)33)7-15(11)36-19)17-18(22(26,27)23(28,29)21(17,24)25)20(2)10-12-4-6-14(31(34)35)8-16(12)37-20/h3-8H,9-10H2,1-2H3. The van der Waals surface area contributed by atoms with Gasteiger partial charge in [-0.1, -0.05) is 12.1 Å². The van der Waals surface area contributed by atoms with Gasteiger partial charge in [0.25, 0.3) is 11.4 Å². The average molecular weight is 563 g/mol. The summed E-state index contributed by atoms with van der Waals surface area (Å²) in [4.78, 5) is 21.2. The normalized spacial score (nSPS) is 28.8. The number of rotatable bonds is 4. The molecular weight excluding hydrogens is 546 g/mol. The van der Waals surface area contributed by atoms with Gasteiger partial charge in [0, 0.05) is 54.7 Å². The summed E-state index contributed by atoms with van der Waals surface area (Å²) in [6.45, 7) is 2.32. The minimum Gasteiger partial charge on any atom is -0.258 e. The molecule has 2 aromatic rings. The van der Waals surface area contributed by atoms with Crippen LogP contribution in [0.25, 0.3) is 0 Å². The number of fused-ring (bicyclic) bond motifs is 2. The Morgan fingerprint density at radius 3 is 1.38 bits per heavy atom. The summed E-state index contributed by atoms with van der Waals surface area (Å²) in [6, 6.07) is 7.08. The van der Waals surface area contributed by atoms with Gasteiger partial charge in [-0.3, -0.25) is 20.2 Å². The maximum atomic E-state index is 15.5. The minimum absolute atomic E-state index is 0.168. The third kappa shape index (κ3) is 3.44. The molecule has 0 aromatic heterocycles. The van der Waals surface area contributed by atoms with Crippen molar-refractivity contribution in [2.75, 3.05) is 0 Å². The van der Waals surface area contributed by atoms with Gasteiger partial charge in [-0.05, 0) is 37.8 Å². The van der Waals surface area contributed by atoms with Gasteiger partial charge in [0.15, 0.2) is 0 Å². The Morgan fingerprint density at radius 2 is 1.05 bits per heavy atom. The van der Waals surface area contributed by atoms with E-state index in [1.807, 2.05) is 0 Å². The molecule has 0 bridgehead atoms. The Morgan fingerprint density at radius 1 is 0.703 bits per heavy atom. The number of nitro benzene ring substituents is 2. The lowest BCUT2D eigenvalue weighted by Crippen LogP contribution is -2.51. The molecule has 14 heteroatoms. The first kappa shape index (κ1) is 25.9. The van der Waals surface area contributed by atoms with Crippen molar-refractivity contribution in [3.63, 3.8) is 0 Å². The Balaban J connectivity index is 1.69. The molecule has 2 unspecified atom stereocenters. The van der Waals surface area contributed by atoms with E-state index in [1.165, 1.54) is 12.1 Å². The summed E-state index contributed by atoms with van der Waals surface area (Å²) in [5.74, 6) is -16.2. The predicted molar refractivity (Wildman–Crippen MR) is 124 cm³/mol. The van der Waals surface area contributed by atoms with E-state index in [-0.39, 0.29) is 34.0 Å². The van der Waals surface area contributed by atoms with E-state index in [9.17, 15) is 29.0 Å². The smallest absolute Gasteiger partial charge is 0.258 e. The first-order chi connectivity index (χ1) is 16.9. The molecule has 3 aliphatic rings. The molecule has 2 heterocycles. The van der Waals surface area contributed by atoms with E-state index in [1.54, 1.807) is 0 Å². The monoisotopic (exact) mass is 562 g/mol. The quantitative estimate of drug-likeness (QED) is 0.169. The number of thioether (sulfide) groups is 2. The van der Waals surface area contributed by atoms with Crippen LogP contribution in [0, 0.1) is 20.2 Å². The number of non-ortho nitro benzene ring substituents is 2. The molecule has 2 aromatic carbocycles. The second kappa shape index (κ2) is 7.65. The zero-order valence-corrected chi connectivity index (χ0v) is 20.6. The molecule has 2 atom stereocenters. The van der Waals surface area contributed by atoms with Crippen molar-refractivity contribution in [2.45, 2.75) is 63.7 Å². The zero-order valence-electron chi connectivity index (χ0n) is 19.0. The van der Waals surface area contributed by atoms with E-state index in [0.29, 0.717) is 34.7 Å². The molecule has 6 nitrogen and oxygen atoms in total. The van der Waals surface area contributed by atoms with Gasteiger partial charge in [0.2, 0.25) is 0 Å². The van der Waals surface area contributed by atoms with Crippen molar-refractivity contribution >= 4 is 34.9 Å². The highest BCUT2D eigenvalue weighted by atomic mass is 32.2. The van der Waals surface area contributed by atoms with Gasteiger partial charge in [0.1, 0.15) is 0 Å². The van der Waals surface area contributed by atoms with Crippen molar-refractivity contribution < 1.29 is 36.2 Å². The number of nitro groups is 2. The van der Waals surface area contributed by atoms with Gasteiger partial charge in [-0.25, -0.2) is 0 Å². The van der Waals surface area contributed by atoms with Crippen LogP contribution in [-0.2, 0) is 12.8 Å². The summed E-state index contributed by atoms with van der Waals surface area (Å²) in [7, 11) is 0. The van der Waals surface area contributed by atoms with Crippen LogP contribution in [0.3, 0.4) is 0 Å². The lowest BCUT2D eigenvalue weighted by Gasteiger charge is -2.34. The van der Waals surface area contributed by atoms with E-state index in [2.05, 4.69) is 0 Å². The Kier molecular flexibility index (Phi) is 5.35. The van der Waals surface area contributed by atoms with Crippen LogP contribution in [0.5, 0.6) is 0 Å². The van der Waals surface area contributed by atoms with Crippen molar-refractivity contribution in [2.24, 2.45) is 0 Å². The molecule has 2 aliphatic heterocycles. The summed E-state index contributed by atoms with van der Waals surface area (Å²) in [5.41, 5.74) is -2.85. The minimum atomic E-state index is -5.74. The molecule has 37 heavy (non-hydrogen) atoms. The first-order valence-corrected chi connectivity index (χ1v) is 12.4. The summed E-state index contributed by atoms with van der Waals surface area (Å²) in [5, 5.41) is 22.3. The molecule has 0 saturated carbocycles. The van der Waals surface area contributed by atoms with Gasteiger partial charge in [-0.15, -0.1) is 23.5 Å². The van der Waals surface area contributed by atoms with Crippen molar-refractivity contribution in [1.82, 2.24) is 0 Å². The number of hydrogen-bond acceptors (Lipinski definition) is 6. The number of hydrogen-bond donors (Lipinski definition) is 0. The fraction of sp³-hybridized carbons (Fsp3) is 0.391. The van der Waals surface area contributed by atoms with Crippen LogP contribution < -0.4 is 0 Å². The summed E-state index contributed by atoms with van der Waals surface area (Å²) >= 11 is 1.23. The third-order valence-corrected chi connectivity index (χ3v) is 9.77. The number of alkyl halides is 6. The van der Waals surface area contributed by atoms with Crippen LogP contribution in [0.15, 0.2) is 57.3 Å². The van der Waals surface area contributed by atoms with Gasteiger partial charge < -0.3 is 0 Å². The molecule has 196 valence electrons. The third-order valence-electron chi connectivity index (χ3n) is 6.97. The number of nitrogens with zero attached hydrogens (tertiary/aromatic N) is 2. The van der Waals surface area contributed by atoms with E-state index in [0.717, 1.165) is 38.1 Å². The van der Waals surface area contributed by atoms with E-state index >= 15 is 17.6 Å². The highest BCUT2D eigenvalue weighted by Crippen LogP contribution is 2.70. The molecule has 5 rings (SSSR count). The fourth-order valence-electron chi connectivity index (χ4n) is 5.38. The van der Waals surface area contributed by atoms with E-state index in [4.69, 9.17) is 0 Å². The lowest BCUT2D eigenvalue weighted by molar-refractivity contribution is -0.385. The van der Waals surface area contributed by atoms with Gasteiger partial charge in [0.05, 0.1) is 9.85 Å². The summed E-state index contributed by atoms with van der Waals surface area (Å²) in [6.07, 6.45) is -0.657. The maximum absolute atomic E-state index is 15.5. The highest BCUT2D eigenvalue weighted by molar-refractivity contribution is 8.01. The molecule has 0 N–H and O–H groups in total. The van der Waals surface area contributed by atoms with Crippen molar-refractivity contribution in [1.29, 1.82) is 0 Å². The van der Waals surface area contributed by atoms with Crippen molar-refractivity contribution in [3.8, 4) is 0 Å². The van der Waals surface area contributed by atoms with E-state index < -0.39 is 48.3 Å². The molecule has 0 fully saturated rings. The molecular formula is C23H16F6N2O4S2. The second-order valence-corrected chi connectivity index (χ2v) is 12.7. The molecule has 0 radical (unpaired) electrons.